The Balaban J connectivity index is 1.56. The van der Waals surface area contributed by atoms with E-state index in [9.17, 15) is 9.59 Å². The van der Waals surface area contributed by atoms with Gasteiger partial charge < -0.3 is 19.7 Å². The van der Waals surface area contributed by atoms with Crippen LogP contribution < -0.4 is 14.8 Å². The van der Waals surface area contributed by atoms with Crippen molar-refractivity contribution in [2.45, 2.75) is 38.8 Å². The number of hydrogen-bond donors (Lipinski definition) is 1. The molecule has 0 spiro atoms. The molecular weight excluding hydrogens is 368 g/mol. The van der Waals surface area contributed by atoms with E-state index in [0.29, 0.717) is 43.9 Å². The highest BCUT2D eigenvalue weighted by molar-refractivity contribution is 5.90. The summed E-state index contributed by atoms with van der Waals surface area (Å²) < 4.78 is 10.6. The fourth-order valence-electron chi connectivity index (χ4n) is 3.58. The molecule has 2 amide bonds. The Kier molecular flexibility index (Phi) is 6.75. The molecule has 2 aromatic carbocycles. The highest BCUT2D eigenvalue weighted by Crippen LogP contribution is 2.27. The topological polar surface area (TPSA) is 67.9 Å². The van der Waals surface area contributed by atoms with Crippen LogP contribution in [0.4, 0.5) is 0 Å². The van der Waals surface area contributed by atoms with Gasteiger partial charge in [0.2, 0.25) is 11.8 Å². The Morgan fingerprint density at radius 3 is 2.45 bits per heavy atom. The van der Waals surface area contributed by atoms with Gasteiger partial charge in [-0.05, 0) is 43.0 Å². The summed E-state index contributed by atoms with van der Waals surface area (Å²) in [4.78, 5) is 26.7. The van der Waals surface area contributed by atoms with Crippen molar-refractivity contribution in [1.82, 2.24) is 10.2 Å². The van der Waals surface area contributed by atoms with Crippen molar-refractivity contribution < 1.29 is 19.1 Å². The normalized spacial score (nSPS) is 16.0. The Labute approximate surface area is 171 Å². The van der Waals surface area contributed by atoms with E-state index in [4.69, 9.17) is 9.47 Å². The minimum atomic E-state index is -0.408. The summed E-state index contributed by atoms with van der Waals surface area (Å²) in [5.41, 5.74) is 3.25. The van der Waals surface area contributed by atoms with E-state index in [2.05, 4.69) is 5.32 Å². The molecule has 1 aliphatic rings. The largest absolute Gasteiger partial charge is 0.493 e. The number of carbonyl (C=O) groups excluding carboxylic acids is 2. The summed E-state index contributed by atoms with van der Waals surface area (Å²) in [6.07, 6.45) is 1.65. The summed E-state index contributed by atoms with van der Waals surface area (Å²) in [6, 6.07) is 13.4. The lowest BCUT2D eigenvalue weighted by Crippen LogP contribution is -2.44. The van der Waals surface area contributed by atoms with Gasteiger partial charge >= 0.3 is 0 Å². The first-order chi connectivity index (χ1) is 14.0. The Bertz CT molecular complexity index is 864. The van der Waals surface area contributed by atoms with E-state index in [-0.39, 0.29) is 11.8 Å². The highest BCUT2D eigenvalue weighted by atomic mass is 16.5. The fourth-order valence-corrected chi connectivity index (χ4v) is 3.58. The average Bonchev–Trinajstić information content (AvgIpc) is 3.09. The van der Waals surface area contributed by atoms with Crippen LogP contribution in [0, 0.1) is 6.92 Å². The zero-order valence-corrected chi connectivity index (χ0v) is 17.2. The van der Waals surface area contributed by atoms with E-state index in [1.807, 2.05) is 49.4 Å². The smallest absolute Gasteiger partial charge is 0.242 e. The highest BCUT2D eigenvalue weighted by Gasteiger charge is 2.35. The molecule has 6 nitrogen and oxygen atoms in total. The average molecular weight is 396 g/mol. The van der Waals surface area contributed by atoms with E-state index in [1.165, 1.54) is 5.56 Å². The van der Waals surface area contributed by atoms with Gasteiger partial charge in [0.25, 0.3) is 0 Å². The van der Waals surface area contributed by atoms with Crippen LogP contribution in [0.1, 0.15) is 29.5 Å². The molecule has 2 aromatic rings. The molecule has 0 radical (unpaired) electrons. The van der Waals surface area contributed by atoms with Crippen LogP contribution in [-0.4, -0.2) is 43.5 Å². The molecule has 29 heavy (non-hydrogen) atoms. The zero-order chi connectivity index (χ0) is 20.8. The summed E-state index contributed by atoms with van der Waals surface area (Å²) in [7, 11) is 3.20. The van der Waals surface area contributed by atoms with Crippen LogP contribution in [0.25, 0.3) is 0 Å². The number of nitrogens with zero attached hydrogens (tertiary/aromatic N) is 1. The van der Waals surface area contributed by atoms with E-state index in [0.717, 1.165) is 11.1 Å². The third-order valence-electron chi connectivity index (χ3n) is 5.27. The molecule has 0 aliphatic carbocycles. The van der Waals surface area contributed by atoms with Crippen LogP contribution in [0.3, 0.4) is 0 Å². The second-order valence-corrected chi connectivity index (χ2v) is 7.29. The molecule has 1 heterocycles. The summed E-state index contributed by atoms with van der Waals surface area (Å²) >= 11 is 0. The molecule has 1 atom stereocenters. The maximum atomic E-state index is 12.7. The monoisotopic (exact) mass is 396 g/mol. The number of methoxy groups -OCH3 is 2. The lowest BCUT2D eigenvalue weighted by molar-refractivity contribution is -0.135. The van der Waals surface area contributed by atoms with Gasteiger partial charge in [-0.1, -0.05) is 35.9 Å². The number of aryl methyl sites for hydroxylation is 1. The standard InChI is InChI=1S/C23H28N2O4/c1-16-4-6-18(7-5-16)15-25-19(9-11-22(25)26)23(27)24-13-12-17-8-10-20(28-2)21(14-17)29-3/h4-8,10,14,19H,9,11-13,15H2,1-3H3,(H,24,27). The number of benzene rings is 2. The van der Waals surface area contributed by atoms with Gasteiger partial charge in [0.1, 0.15) is 6.04 Å². The number of nitrogens with one attached hydrogen (secondary N) is 1. The third kappa shape index (κ3) is 5.08. The fraction of sp³-hybridized carbons (Fsp3) is 0.391. The van der Waals surface area contributed by atoms with Crippen LogP contribution >= 0.6 is 0 Å². The number of hydrogen-bond acceptors (Lipinski definition) is 4. The molecule has 3 rings (SSSR count). The van der Waals surface area contributed by atoms with E-state index in [1.54, 1.807) is 19.1 Å². The maximum absolute atomic E-state index is 12.7. The van der Waals surface area contributed by atoms with Gasteiger partial charge in [-0.2, -0.15) is 0 Å². The van der Waals surface area contributed by atoms with Crippen molar-refractivity contribution in [3.63, 3.8) is 0 Å². The van der Waals surface area contributed by atoms with Gasteiger partial charge in [-0.3, -0.25) is 9.59 Å². The van der Waals surface area contributed by atoms with Crippen LogP contribution in [-0.2, 0) is 22.6 Å². The van der Waals surface area contributed by atoms with Gasteiger partial charge in [-0.15, -0.1) is 0 Å². The number of ether oxygens (including phenoxy) is 2. The van der Waals surface area contributed by atoms with Gasteiger partial charge in [0.05, 0.1) is 14.2 Å². The van der Waals surface area contributed by atoms with Crippen molar-refractivity contribution >= 4 is 11.8 Å². The Hall–Kier alpha value is -3.02. The maximum Gasteiger partial charge on any atom is 0.242 e. The van der Waals surface area contributed by atoms with Crippen molar-refractivity contribution in [1.29, 1.82) is 0 Å². The molecule has 6 heteroatoms. The van der Waals surface area contributed by atoms with Gasteiger partial charge in [0.15, 0.2) is 11.5 Å². The zero-order valence-electron chi connectivity index (χ0n) is 17.2. The van der Waals surface area contributed by atoms with E-state index >= 15 is 0 Å². The first-order valence-corrected chi connectivity index (χ1v) is 9.85. The number of rotatable bonds is 8. The Morgan fingerprint density at radius 1 is 1.07 bits per heavy atom. The number of amides is 2. The SMILES string of the molecule is COc1ccc(CCNC(=O)C2CCC(=O)N2Cc2ccc(C)cc2)cc1OC. The first-order valence-electron chi connectivity index (χ1n) is 9.85. The van der Waals surface area contributed by atoms with Crippen LogP contribution in [0.5, 0.6) is 11.5 Å². The van der Waals surface area contributed by atoms with E-state index < -0.39 is 6.04 Å². The minimum absolute atomic E-state index is 0.0330. The number of carbonyl (C=O) groups is 2. The molecule has 0 aromatic heterocycles. The molecule has 1 saturated heterocycles. The quantitative estimate of drug-likeness (QED) is 0.745. The molecule has 1 unspecified atom stereocenters. The van der Waals surface area contributed by atoms with Gasteiger partial charge in [0, 0.05) is 19.5 Å². The minimum Gasteiger partial charge on any atom is -0.493 e. The van der Waals surface area contributed by atoms with Crippen LogP contribution in [0.2, 0.25) is 0 Å². The molecule has 1 aliphatic heterocycles. The Morgan fingerprint density at radius 2 is 1.76 bits per heavy atom. The van der Waals surface area contributed by atoms with Crippen molar-refractivity contribution in [2.24, 2.45) is 0 Å². The van der Waals surface area contributed by atoms with Crippen LogP contribution in [0.15, 0.2) is 42.5 Å². The third-order valence-corrected chi connectivity index (χ3v) is 5.27. The first kappa shape index (κ1) is 20.7. The van der Waals surface area contributed by atoms with Crippen molar-refractivity contribution in [3.05, 3.63) is 59.2 Å². The predicted octanol–water partition coefficient (Wildman–Crippen LogP) is 2.86. The van der Waals surface area contributed by atoms with Gasteiger partial charge in [-0.25, -0.2) is 0 Å². The second-order valence-electron chi connectivity index (χ2n) is 7.29. The molecule has 1 fully saturated rings. The molecular formula is C23H28N2O4. The number of likely N-dealkylation sites (tertiary alicyclic amines) is 1. The van der Waals surface area contributed by atoms with Crippen molar-refractivity contribution in [2.75, 3.05) is 20.8 Å². The summed E-state index contributed by atoms with van der Waals surface area (Å²) in [5, 5.41) is 2.98. The summed E-state index contributed by atoms with van der Waals surface area (Å²) in [5.74, 6) is 1.28. The lowest BCUT2D eigenvalue weighted by Gasteiger charge is -2.24. The second kappa shape index (κ2) is 9.45. The van der Waals surface area contributed by atoms with Crippen molar-refractivity contribution in [3.8, 4) is 11.5 Å². The predicted molar refractivity (Wildman–Crippen MR) is 111 cm³/mol. The molecule has 1 N–H and O–H groups in total. The molecule has 154 valence electrons. The summed E-state index contributed by atoms with van der Waals surface area (Å²) in [6.45, 7) is 2.99. The molecule has 0 bridgehead atoms. The molecule has 0 saturated carbocycles. The lowest BCUT2D eigenvalue weighted by atomic mass is 10.1.